The highest BCUT2D eigenvalue weighted by Crippen LogP contribution is 2.31. The minimum atomic E-state index is -4.14. The van der Waals surface area contributed by atoms with Crippen molar-refractivity contribution in [3.8, 4) is 0 Å². The first-order valence-corrected chi connectivity index (χ1v) is 6.45. The van der Waals surface area contributed by atoms with Crippen LogP contribution in [-0.4, -0.2) is 24.9 Å². The monoisotopic (exact) mass is 273 g/mol. The standard InChI is InChI=1S/C14H18F3NO/c1-18-8-6-10-9-11(4-5-12(10)18)13(19)3-2-7-14(15,16)17/h4-5,9,13,19H,2-3,6-8H2,1H3. The minimum absolute atomic E-state index is 0.0400. The lowest BCUT2D eigenvalue weighted by molar-refractivity contribution is -0.136. The van der Waals surface area contributed by atoms with Gasteiger partial charge < -0.3 is 10.0 Å². The largest absolute Gasteiger partial charge is 0.389 e. The van der Waals surface area contributed by atoms with Gasteiger partial charge in [0.15, 0.2) is 0 Å². The Morgan fingerprint density at radius 3 is 2.79 bits per heavy atom. The van der Waals surface area contributed by atoms with Crippen LogP contribution in [0.4, 0.5) is 18.9 Å². The van der Waals surface area contributed by atoms with E-state index in [1.165, 1.54) is 0 Å². The normalized spacial score (nSPS) is 16.6. The molecule has 0 radical (unpaired) electrons. The van der Waals surface area contributed by atoms with E-state index in [4.69, 9.17) is 0 Å². The van der Waals surface area contributed by atoms with Gasteiger partial charge in [0, 0.05) is 25.7 Å². The zero-order valence-electron chi connectivity index (χ0n) is 10.9. The van der Waals surface area contributed by atoms with E-state index in [2.05, 4.69) is 4.90 Å². The highest BCUT2D eigenvalue weighted by molar-refractivity contribution is 5.58. The number of hydrogen-bond donors (Lipinski definition) is 1. The average molecular weight is 273 g/mol. The van der Waals surface area contributed by atoms with Gasteiger partial charge in [-0.05, 0) is 36.5 Å². The molecule has 0 saturated heterocycles. The van der Waals surface area contributed by atoms with Crippen molar-refractivity contribution < 1.29 is 18.3 Å². The molecule has 2 nitrogen and oxygen atoms in total. The molecule has 1 N–H and O–H groups in total. The summed E-state index contributed by atoms with van der Waals surface area (Å²) < 4.78 is 36.1. The molecule has 106 valence electrons. The van der Waals surface area contributed by atoms with E-state index in [1.54, 1.807) is 6.07 Å². The van der Waals surface area contributed by atoms with Crippen molar-refractivity contribution in [1.82, 2.24) is 0 Å². The summed E-state index contributed by atoms with van der Waals surface area (Å²) in [5.41, 5.74) is 3.03. The summed E-state index contributed by atoms with van der Waals surface area (Å²) in [4.78, 5) is 2.13. The van der Waals surface area contributed by atoms with Gasteiger partial charge >= 0.3 is 6.18 Å². The molecular formula is C14H18F3NO. The van der Waals surface area contributed by atoms with Crippen molar-refractivity contribution in [3.05, 3.63) is 29.3 Å². The third kappa shape index (κ3) is 3.62. The van der Waals surface area contributed by atoms with Crippen molar-refractivity contribution in [1.29, 1.82) is 0 Å². The molecule has 1 aromatic rings. The SMILES string of the molecule is CN1CCc2cc(C(O)CCCC(F)(F)F)ccc21. The maximum absolute atomic E-state index is 12.0. The summed E-state index contributed by atoms with van der Waals surface area (Å²) in [7, 11) is 2.01. The lowest BCUT2D eigenvalue weighted by Crippen LogP contribution is -2.12. The van der Waals surface area contributed by atoms with Crippen LogP contribution in [0, 0.1) is 0 Å². The van der Waals surface area contributed by atoms with Crippen molar-refractivity contribution in [2.75, 3.05) is 18.5 Å². The second kappa shape index (κ2) is 5.41. The topological polar surface area (TPSA) is 23.5 Å². The molecule has 1 unspecified atom stereocenters. The maximum atomic E-state index is 12.0. The summed E-state index contributed by atoms with van der Waals surface area (Å²) >= 11 is 0. The molecule has 0 saturated carbocycles. The molecule has 1 heterocycles. The average Bonchev–Trinajstić information content (AvgIpc) is 2.69. The van der Waals surface area contributed by atoms with Gasteiger partial charge in [-0.15, -0.1) is 0 Å². The van der Waals surface area contributed by atoms with Crippen LogP contribution < -0.4 is 4.90 Å². The molecule has 1 aliphatic heterocycles. The Morgan fingerprint density at radius 1 is 1.37 bits per heavy atom. The summed E-state index contributed by atoms with van der Waals surface area (Å²) in [5.74, 6) is 0. The van der Waals surface area contributed by atoms with Gasteiger partial charge in [0.25, 0.3) is 0 Å². The number of aliphatic hydroxyl groups is 1. The second-order valence-electron chi connectivity index (χ2n) is 5.08. The first-order valence-electron chi connectivity index (χ1n) is 6.45. The highest BCUT2D eigenvalue weighted by atomic mass is 19.4. The molecule has 1 atom stereocenters. The zero-order valence-corrected chi connectivity index (χ0v) is 10.9. The van der Waals surface area contributed by atoms with Gasteiger partial charge in [0.05, 0.1) is 6.10 Å². The van der Waals surface area contributed by atoms with Crippen LogP contribution in [0.1, 0.15) is 36.5 Å². The molecule has 0 bridgehead atoms. The van der Waals surface area contributed by atoms with Gasteiger partial charge in [0.1, 0.15) is 0 Å². The molecule has 0 spiro atoms. The Balaban J connectivity index is 1.95. The lowest BCUT2D eigenvalue weighted by Gasteiger charge is -2.15. The first kappa shape index (κ1) is 14.2. The van der Waals surface area contributed by atoms with Crippen LogP contribution in [0.2, 0.25) is 0 Å². The molecule has 1 aliphatic rings. The number of rotatable bonds is 4. The van der Waals surface area contributed by atoms with Crippen LogP contribution in [0.5, 0.6) is 0 Å². The van der Waals surface area contributed by atoms with Crippen molar-refractivity contribution >= 4 is 5.69 Å². The quantitative estimate of drug-likeness (QED) is 0.908. The molecule has 5 heteroatoms. The first-order chi connectivity index (χ1) is 8.87. The summed E-state index contributed by atoms with van der Waals surface area (Å²) in [6, 6.07) is 5.65. The predicted molar refractivity (Wildman–Crippen MR) is 68.3 cm³/mol. The fourth-order valence-corrected chi connectivity index (χ4v) is 2.46. The third-order valence-corrected chi connectivity index (χ3v) is 3.55. The van der Waals surface area contributed by atoms with Gasteiger partial charge in [-0.25, -0.2) is 0 Å². The maximum Gasteiger partial charge on any atom is 0.389 e. The number of halogens is 3. The summed E-state index contributed by atoms with van der Waals surface area (Å²) in [6.07, 6.45) is -4.75. The van der Waals surface area contributed by atoms with Crippen molar-refractivity contribution in [3.63, 3.8) is 0 Å². The van der Waals surface area contributed by atoms with Crippen LogP contribution in [0.3, 0.4) is 0 Å². The van der Waals surface area contributed by atoms with Crippen LogP contribution in [0.15, 0.2) is 18.2 Å². The molecule has 1 aromatic carbocycles. The smallest absolute Gasteiger partial charge is 0.388 e. The molecule has 0 aliphatic carbocycles. The zero-order chi connectivity index (χ0) is 14.0. The molecule has 19 heavy (non-hydrogen) atoms. The number of aliphatic hydroxyl groups excluding tert-OH is 1. The Bertz CT molecular complexity index is 445. The van der Waals surface area contributed by atoms with Gasteiger partial charge in [0.2, 0.25) is 0 Å². The molecule has 2 rings (SSSR count). The van der Waals surface area contributed by atoms with E-state index < -0.39 is 18.7 Å². The highest BCUT2D eigenvalue weighted by Gasteiger charge is 2.27. The number of benzene rings is 1. The fourth-order valence-electron chi connectivity index (χ4n) is 2.46. The summed E-state index contributed by atoms with van der Waals surface area (Å²) in [5, 5.41) is 9.93. The van der Waals surface area contributed by atoms with Gasteiger partial charge in [-0.2, -0.15) is 13.2 Å². The fraction of sp³-hybridized carbons (Fsp3) is 0.571. The van der Waals surface area contributed by atoms with E-state index in [0.29, 0.717) is 0 Å². The number of hydrogen-bond acceptors (Lipinski definition) is 2. The minimum Gasteiger partial charge on any atom is -0.388 e. The summed E-state index contributed by atoms with van der Waals surface area (Å²) in [6.45, 7) is 0.947. The lowest BCUT2D eigenvalue weighted by atomic mass is 10.0. The number of fused-ring (bicyclic) bond motifs is 1. The Labute approximate surface area is 110 Å². The van der Waals surface area contributed by atoms with E-state index in [9.17, 15) is 18.3 Å². The number of alkyl halides is 3. The van der Waals surface area contributed by atoms with Gasteiger partial charge in [-0.1, -0.05) is 12.1 Å². The Kier molecular flexibility index (Phi) is 4.04. The number of nitrogens with zero attached hydrogens (tertiary/aromatic N) is 1. The molecule has 0 aromatic heterocycles. The number of anilines is 1. The molecular weight excluding hydrogens is 255 g/mol. The van der Waals surface area contributed by atoms with Crippen LogP contribution in [-0.2, 0) is 6.42 Å². The third-order valence-electron chi connectivity index (χ3n) is 3.55. The number of likely N-dealkylation sites (N-methyl/N-ethyl adjacent to an activating group) is 1. The van der Waals surface area contributed by atoms with E-state index in [0.717, 1.165) is 29.8 Å². The predicted octanol–water partition coefficient (Wildman–Crippen LogP) is 3.44. The molecule has 0 amide bonds. The van der Waals surface area contributed by atoms with E-state index in [1.807, 2.05) is 19.2 Å². The van der Waals surface area contributed by atoms with E-state index in [-0.39, 0.29) is 12.8 Å². The molecule has 0 fully saturated rings. The van der Waals surface area contributed by atoms with Gasteiger partial charge in [-0.3, -0.25) is 0 Å². The van der Waals surface area contributed by atoms with Crippen molar-refractivity contribution in [2.24, 2.45) is 0 Å². The Hall–Kier alpha value is -1.23. The van der Waals surface area contributed by atoms with Crippen LogP contribution in [0.25, 0.3) is 0 Å². The van der Waals surface area contributed by atoms with Crippen LogP contribution >= 0.6 is 0 Å². The Morgan fingerprint density at radius 2 is 2.11 bits per heavy atom. The van der Waals surface area contributed by atoms with Crippen molar-refractivity contribution in [2.45, 2.75) is 38.0 Å². The van der Waals surface area contributed by atoms with E-state index >= 15 is 0 Å². The second-order valence-corrected chi connectivity index (χ2v) is 5.08.